The molecule has 0 aliphatic heterocycles. The molecule has 2 saturated carbocycles. The molecule has 2 rings (SSSR count). The molecule has 2 aliphatic carbocycles. The van der Waals surface area contributed by atoms with Gasteiger partial charge in [-0.1, -0.05) is 77.1 Å². The van der Waals surface area contributed by atoms with Crippen molar-refractivity contribution >= 4 is 5.78 Å². The highest BCUT2D eigenvalue weighted by molar-refractivity contribution is 5.92. The zero-order valence-electron chi connectivity index (χ0n) is 17.5. The minimum atomic E-state index is -0.601. The lowest BCUT2D eigenvalue weighted by Crippen LogP contribution is -2.58. The minimum Gasteiger partial charge on any atom is -0.392 e. The average Bonchev–Trinajstić information content (AvgIpc) is 2.65. The van der Waals surface area contributed by atoms with Gasteiger partial charge in [-0.2, -0.15) is 0 Å². The third-order valence-corrected chi connectivity index (χ3v) is 6.88. The van der Waals surface area contributed by atoms with Gasteiger partial charge in [-0.15, -0.1) is 0 Å². The minimum absolute atomic E-state index is 0.141. The summed E-state index contributed by atoms with van der Waals surface area (Å²) in [6.45, 7) is 4.40. The molecule has 5 atom stereocenters. The molecule has 0 saturated heterocycles. The second-order valence-corrected chi connectivity index (χ2v) is 8.84. The Morgan fingerprint density at radius 2 is 1.74 bits per heavy atom. The lowest BCUT2D eigenvalue weighted by molar-refractivity contribution is -0.161. The molecule has 2 aliphatic rings. The third kappa shape index (κ3) is 5.81. The van der Waals surface area contributed by atoms with E-state index in [0.717, 1.165) is 32.1 Å². The molecule has 3 heteroatoms. The van der Waals surface area contributed by atoms with Crippen molar-refractivity contribution in [2.75, 3.05) is 0 Å². The number of carbonyl (C=O) groups excluding carboxylic acids is 1. The quantitative estimate of drug-likeness (QED) is 0.393. The summed E-state index contributed by atoms with van der Waals surface area (Å²) < 4.78 is 0. The number of rotatable bonds is 11. The Balaban J connectivity index is 1.89. The molecule has 27 heavy (non-hydrogen) atoms. The first kappa shape index (κ1) is 22.4. The molecule has 2 N–H and O–H groups in total. The van der Waals surface area contributed by atoms with Gasteiger partial charge >= 0.3 is 0 Å². The summed E-state index contributed by atoms with van der Waals surface area (Å²) in [5, 5.41) is 20.7. The van der Waals surface area contributed by atoms with Crippen LogP contribution in [0.3, 0.4) is 0 Å². The second kappa shape index (κ2) is 11.2. The van der Waals surface area contributed by atoms with E-state index in [1.54, 1.807) is 0 Å². The van der Waals surface area contributed by atoms with Crippen molar-refractivity contribution in [3.8, 4) is 11.8 Å². The van der Waals surface area contributed by atoms with Crippen LogP contribution in [-0.2, 0) is 4.79 Å². The number of hydrogen-bond donors (Lipinski definition) is 2. The normalized spacial score (nSPS) is 30.8. The van der Waals surface area contributed by atoms with Crippen LogP contribution < -0.4 is 0 Å². The molecule has 0 radical (unpaired) electrons. The molecule has 0 spiro atoms. The number of Topliss-reactive ketones (excluding diaryl/α,β-unsaturated/α-hetero) is 1. The van der Waals surface area contributed by atoms with Crippen molar-refractivity contribution in [3.05, 3.63) is 0 Å². The van der Waals surface area contributed by atoms with Crippen molar-refractivity contribution in [1.29, 1.82) is 0 Å². The molecule has 3 nitrogen and oxygen atoms in total. The summed E-state index contributed by atoms with van der Waals surface area (Å²) in [6.07, 6.45) is 13.3. The maximum absolute atomic E-state index is 12.5. The van der Waals surface area contributed by atoms with E-state index < -0.39 is 12.2 Å². The SMILES string of the molecule is CCCCCCC[C@H](O)C#C[C@H]1[C@H](O)CC[C@]2(CCCCCC)C(=O)C[C@H]12. The van der Waals surface area contributed by atoms with Crippen LogP contribution in [0, 0.1) is 29.1 Å². The predicted octanol–water partition coefficient (Wildman–Crippen LogP) is 5.03. The monoisotopic (exact) mass is 376 g/mol. The van der Waals surface area contributed by atoms with Gasteiger partial charge in [0.2, 0.25) is 0 Å². The predicted molar refractivity (Wildman–Crippen MR) is 110 cm³/mol. The number of hydrogen-bond acceptors (Lipinski definition) is 3. The Labute approximate surface area is 166 Å². The van der Waals surface area contributed by atoms with E-state index in [0.29, 0.717) is 25.0 Å². The van der Waals surface area contributed by atoms with E-state index in [1.807, 2.05) is 0 Å². The number of ketones is 1. The Morgan fingerprint density at radius 1 is 1.07 bits per heavy atom. The highest BCUT2D eigenvalue weighted by Gasteiger charge is 2.59. The topological polar surface area (TPSA) is 57.5 Å². The van der Waals surface area contributed by atoms with Gasteiger partial charge in [0.15, 0.2) is 0 Å². The van der Waals surface area contributed by atoms with Crippen LogP contribution in [0.15, 0.2) is 0 Å². The van der Waals surface area contributed by atoms with E-state index in [4.69, 9.17) is 0 Å². The molecular formula is C24H40O3. The first-order valence-corrected chi connectivity index (χ1v) is 11.5. The van der Waals surface area contributed by atoms with Crippen LogP contribution in [0.25, 0.3) is 0 Å². The number of carbonyl (C=O) groups is 1. The summed E-state index contributed by atoms with van der Waals surface area (Å²) in [7, 11) is 0. The van der Waals surface area contributed by atoms with Crippen molar-refractivity contribution in [2.45, 2.75) is 116 Å². The van der Waals surface area contributed by atoms with Crippen molar-refractivity contribution < 1.29 is 15.0 Å². The zero-order chi connectivity index (χ0) is 19.7. The maximum atomic E-state index is 12.5. The summed E-state index contributed by atoms with van der Waals surface area (Å²) in [6, 6.07) is 0. The summed E-state index contributed by atoms with van der Waals surface area (Å²) >= 11 is 0. The highest BCUT2D eigenvalue weighted by atomic mass is 16.3. The number of fused-ring (bicyclic) bond motifs is 1. The number of aliphatic hydroxyl groups is 2. The summed E-state index contributed by atoms with van der Waals surface area (Å²) in [5.74, 6) is 6.64. The lowest BCUT2D eigenvalue weighted by atomic mass is 9.47. The van der Waals surface area contributed by atoms with Gasteiger partial charge in [-0.3, -0.25) is 4.79 Å². The Kier molecular flexibility index (Phi) is 9.33. The van der Waals surface area contributed by atoms with Crippen molar-refractivity contribution in [3.63, 3.8) is 0 Å². The van der Waals surface area contributed by atoms with Crippen molar-refractivity contribution in [1.82, 2.24) is 0 Å². The maximum Gasteiger partial charge on any atom is 0.139 e. The van der Waals surface area contributed by atoms with Gasteiger partial charge < -0.3 is 10.2 Å². The van der Waals surface area contributed by atoms with Gasteiger partial charge in [0.25, 0.3) is 0 Å². The molecule has 0 amide bonds. The molecule has 0 aromatic carbocycles. The van der Waals surface area contributed by atoms with Crippen LogP contribution in [0.2, 0.25) is 0 Å². The number of aliphatic hydroxyl groups excluding tert-OH is 2. The molecule has 0 heterocycles. The van der Waals surface area contributed by atoms with Crippen LogP contribution >= 0.6 is 0 Å². The molecule has 0 bridgehead atoms. The molecule has 2 fully saturated rings. The van der Waals surface area contributed by atoms with Crippen LogP contribution in [0.5, 0.6) is 0 Å². The average molecular weight is 377 g/mol. The van der Waals surface area contributed by atoms with Gasteiger partial charge in [0.1, 0.15) is 11.9 Å². The highest BCUT2D eigenvalue weighted by Crippen LogP contribution is 2.57. The zero-order valence-corrected chi connectivity index (χ0v) is 17.5. The van der Waals surface area contributed by atoms with E-state index in [9.17, 15) is 15.0 Å². The van der Waals surface area contributed by atoms with Gasteiger partial charge in [-0.05, 0) is 38.0 Å². The van der Waals surface area contributed by atoms with E-state index in [1.165, 1.54) is 38.5 Å². The third-order valence-electron chi connectivity index (χ3n) is 6.88. The molecule has 154 valence electrons. The Hall–Kier alpha value is -0.850. The Bertz CT molecular complexity index is 517. The van der Waals surface area contributed by atoms with Crippen LogP contribution in [0.4, 0.5) is 0 Å². The van der Waals surface area contributed by atoms with E-state index in [2.05, 4.69) is 25.7 Å². The van der Waals surface area contributed by atoms with E-state index in [-0.39, 0.29) is 17.3 Å². The molecule has 0 unspecified atom stereocenters. The smallest absolute Gasteiger partial charge is 0.139 e. The van der Waals surface area contributed by atoms with Gasteiger partial charge in [0, 0.05) is 11.8 Å². The fourth-order valence-electron chi connectivity index (χ4n) is 5.04. The fraction of sp³-hybridized carbons (Fsp3) is 0.875. The summed E-state index contributed by atoms with van der Waals surface area (Å²) in [5.41, 5.74) is -0.225. The summed E-state index contributed by atoms with van der Waals surface area (Å²) in [4.78, 5) is 12.5. The number of unbranched alkanes of at least 4 members (excludes halogenated alkanes) is 7. The fourth-order valence-corrected chi connectivity index (χ4v) is 5.04. The standard InChI is InChI=1S/C24H40O3/c1-3-5-7-9-10-12-19(25)13-14-20-21-18-23(27)24(21,17-15-22(20)26)16-11-8-6-4-2/h19-22,25-26H,3-12,15-18H2,1-2H3/t19-,20+,21+,22+,24-/m0/s1. The molecular weight excluding hydrogens is 336 g/mol. The largest absolute Gasteiger partial charge is 0.392 e. The lowest BCUT2D eigenvalue weighted by Gasteiger charge is -2.55. The Morgan fingerprint density at radius 3 is 2.41 bits per heavy atom. The van der Waals surface area contributed by atoms with Gasteiger partial charge in [-0.25, -0.2) is 0 Å². The second-order valence-electron chi connectivity index (χ2n) is 8.84. The van der Waals surface area contributed by atoms with Crippen LogP contribution in [-0.4, -0.2) is 28.2 Å². The first-order chi connectivity index (χ1) is 13.0. The van der Waals surface area contributed by atoms with Crippen LogP contribution in [0.1, 0.15) is 104 Å². The van der Waals surface area contributed by atoms with E-state index >= 15 is 0 Å². The molecule has 0 aromatic heterocycles. The molecule has 0 aromatic rings. The van der Waals surface area contributed by atoms with Gasteiger partial charge in [0.05, 0.1) is 12.0 Å². The van der Waals surface area contributed by atoms with Crippen molar-refractivity contribution in [2.24, 2.45) is 17.3 Å². The first-order valence-electron chi connectivity index (χ1n) is 11.5.